The van der Waals surface area contributed by atoms with Gasteiger partial charge in [-0.05, 0) is 51.6 Å². The van der Waals surface area contributed by atoms with Crippen molar-refractivity contribution in [2.24, 2.45) is 0 Å². The molecule has 0 saturated carbocycles. The summed E-state index contributed by atoms with van der Waals surface area (Å²) >= 11 is 1.99. The number of likely N-dealkylation sites (tertiary alicyclic amines) is 1. The second-order valence-corrected chi connectivity index (χ2v) is 6.21. The molecule has 1 N–H and O–H groups in total. The molecule has 0 aromatic heterocycles. The predicted molar refractivity (Wildman–Crippen MR) is 75.3 cm³/mol. The molecule has 1 heterocycles. The average molecular weight is 244 g/mol. The van der Waals surface area contributed by atoms with E-state index in [1.54, 1.807) is 0 Å². The molecule has 2 nitrogen and oxygen atoms in total. The number of piperidine rings is 1. The van der Waals surface area contributed by atoms with Crippen LogP contribution in [-0.4, -0.2) is 48.6 Å². The van der Waals surface area contributed by atoms with Crippen LogP contribution in [-0.2, 0) is 0 Å². The largest absolute Gasteiger partial charge is 0.313 e. The van der Waals surface area contributed by atoms with E-state index < -0.39 is 0 Å². The molecule has 0 aliphatic carbocycles. The Labute approximate surface area is 106 Å². The van der Waals surface area contributed by atoms with Crippen LogP contribution in [0.25, 0.3) is 0 Å². The summed E-state index contributed by atoms with van der Waals surface area (Å²) in [6.07, 6.45) is 7.54. The third-order valence-electron chi connectivity index (χ3n) is 3.44. The van der Waals surface area contributed by atoms with Gasteiger partial charge in [0.05, 0.1) is 0 Å². The first-order valence-electron chi connectivity index (χ1n) is 6.74. The lowest BCUT2D eigenvalue weighted by Crippen LogP contribution is -2.46. The van der Waals surface area contributed by atoms with E-state index in [4.69, 9.17) is 0 Å². The number of nitrogens with one attached hydrogen (secondary N) is 1. The molecule has 16 heavy (non-hydrogen) atoms. The molecule has 0 aromatic carbocycles. The van der Waals surface area contributed by atoms with Crippen molar-refractivity contribution in [2.75, 3.05) is 32.4 Å². The molecule has 0 aromatic rings. The molecule has 96 valence electrons. The van der Waals surface area contributed by atoms with Crippen molar-refractivity contribution in [1.29, 1.82) is 0 Å². The van der Waals surface area contributed by atoms with Crippen molar-refractivity contribution in [3.63, 3.8) is 0 Å². The first kappa shape index (κ1) is 14.3. The topological polar surface area (TPSA) is 15.3 Å². The van der Waals surface area contributed by atoms with Gasteiger partial charge in [-0.2, -0.15) is 11.8 Å². The molecule has 0 radical (unpaired) electrons. The molecular formula is C13H28N2S. The molecule has 1 rings (SSSR count). The fraction of sp³-hybridized carbons (Fsp3) is 1.00. The Kier molecular flexibility index (Phi) is 7.50. The monoisotopic (exact) mass is 244 g/mol. The van der Waals surface area contributed by atoms with E-state index in [0.29, 0.717) is 0 Å². The van der Waals surface area contributed by atoms with Crippen LogP contribution >= 0.6 is 11.8 Å². The molecule has 0 spiro atoms. The van der Waals surface area contributed by atoms with Gasteiger partial charge in [0, 0.05) is 17.8 Å². The Balaban J connectivity index is 2.17. The predicted octanol–water partition coefficient (Wildman–Crippen LogP) is 2.59. The third kappa shape index (κ3) is 5.55. The maximum atomic E-state index is 3.66. The van der Waals surface area contributed by atoms with Crippen molar-refractivity contribution >= 4 is 11.8 Å². The highest BCUT2D eigenvalue weighted by molar-refractivity contribution is 7.99. The minimum absolute atomic E-state index is 0.748. The standard InChI is InChI=1S/C13H28N2S/c1-4-8-14-13-6-5-9-15(11-13)10-7-12(2)16-3/h12-14H,4-11H2,1-3H3. The second-order valence-electron chi connectivity index (χ2n) is 4.93. The SMILES string of the molecule is CCCNC1CCCN(CCC(C)SC)C1. The van der Waals surface area contributed by atoms with Gasteiger partial charge in [0.15, 0.2) is 0 Å². The zero-order valence-corrected chi connectivity index (χ0v) is 12.0. The molecule has 3 heteroatoms. The Morgan fingerprint density at radius 3 is 3.00 bits per heavy atom. The molecule has 1 fully saturated rings. The summed E-state index contributed by atoms with van der Waals surface area (Å²) in [6.45, 7) is 9.62. The van der Waals surface area contributed by atoms with Crippen LogP contribution in [0.4, 0.5) is 0 Å². The van der Waals surface area contributed by atoms with Crippen molar-refractivity contribution in [3.8, 4) is 0 Å². The summed E-state index contributed by atoms with van der Waals surface area (Å²) < 4.78 is 0. The van der Waals surface area contributed by atoms with Crippen LogP contribution in [0.5, 0.6) is 0 Å². The minimum atomic E-state index is 0.748. The zero-order valence-electron chi connectivity index (χ0n) is 11.2. The van der Waals surface area contributed by atoms with Gasteiger partial charge in [-0.1, -0.05) is 13.8 Å². The number of nitrogens with zero attached hydrogens (tertiary/aromatic N) is 1. The van der Waals surface area contributed by atoms with Crippen molar-refractivity contribution in [3.05, 3.63) is 0 Å². The molecular weight excluding hydrogens is 216 g/mol. The number of hydrogen-bond donors (Lipinski definition) is 1. The van der Waals surface area contributed by atoms with Gasteiger partial charge in [-0.15, -0.1) is 0 Å². The lowest BCUT2D eigenvalue weighted by molar-refractivity contribution is 0.189. The van der Waals surface area contributed by atoms with Crippen LogP contribution in [0.3, 0.4) is 0 Å². The second kappa shape index (κ2) is 8.37. The molecule has 0 bridgehead atoms. The molecule has 1 aliphatic rings. The van der Waals surface area contributed by atoms with Crippen LogP contribution in [0.1, 0.15) is 39.5 Å². The maximum absolute atomic E-state index is 3.66. The fourth-order valence-electron chi connectivity index (χ4n) is 2.26. The molecule has 2 atom stereocenters. The van der Waals surface area contributed by atoms with Crippen LogP contribution in [0, 0.1) is 0 Å². The van der Waals surface area contributed by atoms with Crippen LogP contribution in [0.15, 0.2) is 0 Å². The fourth-order valence-corrected chi connectivity index (χ4v) is 2.60. The first-order chi connectivity index (χ1) is 7.76. The molecule has 1 saturated heterocycles. The summed E-state index contributed by atoms with van der Waals surface area (Å²) in [5.74, 6) is 0. The maximum Gasteiger partial charge on any atom is 0.0195 e. The van der Waals surface area contributed by atoms with Gasteiger partial charge in [-0.25, -0.2) is 0 Å². The van der Waals surface area contributed by atoms with E-state index in [-0.39, 0.29) is 0 Å². The van der Waals surface area contributed by atoms with E-state index in [0.717, 1.165) is 11.3 Å². The van der Waals surface area contributed by atoms with E-state index in [1.165, 1.54) is 51.9 Å². The first-order valence-corrected chi connectivity index (χ1v) is 8.03. The number of thioether (sulfide) groups is 1. The summed E-state index contributed by atoms with van der Waals surface area (Å²) in [6, 6.07) is 0.748. The highest BCUT2D eigenvalue weighted by Gasteiger charge is 2.18. The normalized spacial score (nSPS) is 24.6. The van der Waals surface area contributed by atoms with Gasteiger partial charge < -0.3 is 10.2 Å². The van der Waals surface area contributed by atoms with E-state index in [1.807, 2.05) is 11.8 Å². The third-order valence-corrected chi connectivity index (χ3v) is 4.48. The Hall–Kier alpha value is 0.270. The molecule has 0 amide bonds. The summed E-state index contributed by atoms with van der Waals surface area (Å²) in [5.41, 5.74) is 0. The summed E-state index contributed by atoms with van der Waals surface area (Å²) in [5, 5.41) is 4.47. The quantitative estimate of drug-likeness (QED) is 0.741. The Bertz CT molecular complexity index is 175. The number of rotatable bonds is 7. The average Bonchev–Trinajstić information content (AvgIpc) is 2.34. The Morgan fingerprint density at radius 1 is 1.50 bits per heavy atom. The minimum Gasteiger partial charge on any atom is -0.313 e. The van der Waals surface area contributed by atoms with Gasteiger partial charge in [0.25, 0.3) is 0 Å². The summed E-state index contributed by atoms with van der Waals surface area (Å²) in [4.78, 5) is 2.64. The smallest absolute Gasteiger partial charge is 0.0195 e. The summed E-state index contributed by atoms with van der Waals surface area (Å²) in [7, 11) is 0. The van der Waals surface area contributed by atoms with E-state index in [2.05, 4.69) is 30.3 Å². The highest BCUT2D eigenvalue weighted by Crippen LogP contribution is 2.14. The molecule has 1 aliphatic heterocycles. The van der Waals surface area contributed by atoms with Crippen LogP contribution < -0.4 is 5.32 Å². The highest BCUT2D eigenvalue weighted by atomic mass is 32.2. The van der Waals surface area contributed by atoms with Crippen molar-refractivity contribution in [1.82, 2.24) is 10.2 Å². The Morgan fingerprint density at radius 2 is 2.31 bits per heavy atom. The van der Waals surface area contributed by atoms with Crippen LogP contribution in [0.2, 0.25) is 0 Å². The van der Waals surface area contributed by atoms with E-state index in [9.17, 15) is 0 Å². The molecule has 2 unspecified atom stereocenters. The van der Waals surface area contributed by atoms with Gasteiger partial charge >= 0.3 is 0 Å². The lowest BCUT2D eigenvalue weighted by atomic mass is 10.1. The van der Waals surface area contributed by atoms with Gasteiger partial charge in [0.1, 0.15) is 0 Å². The van der Waals surface area contributed by atoms with Crippen molar-refractivity contribution in [2.45, 2.75) is 50.8 Å². The van der Waals surface area contributed by atoms with Gasteiger partial charge in [0.2, 0.25) is 0 Å². The van der Waals surface area contributed by atoms with Crippen molar-refractivity contribution < 1.29 is 0 Å². The lowest BCUT2D eigenvalue weighted by Gasteiger charge is -2.33. The van der Waals surface area contributed by atoms with E-state index >= 15 is 0 Å². The number of hydrogen-bond acceptors (Lipinski definition) is 3. The zero-order chi connectivity index (χ0) is 11.8. The van der Waals surface area contributed by atoms with Gasteiger partial charge in [-0.3, -0.25) is 0 Å².